The molecule has 5 heteroatoms. The van der Waals surface area contributed by atoms with Crippen molar-refractivity contribution in [3.63, 3.8) is 0 Å². The van der Waals surface area contributed by atoms with Crippen molar-refractivity contribution in [1.29, 1.82) is 0 Å². The van der Waals surface area contributed by atoms with Crippen molar-refractivity contribution < 1.29 is 9.53 Å². The van der Waals surface area contributed by atoms with E-state index < -0.39 is 0 Å². The van der Waals surface area contributed by atoms with Gasteiger partial charge in [-0.05, 0) is 31.5 Å². The number of rotatable bonds is 3. The summed E-state index contributed by atoms with van der Waals surface area (Å²) < 4.78 is 6.06. The Bertz CT molecular complexity index is 563. The molecule has 1 aliphatic rings. The normalized spacial score (nSPS) is 19.9. The summed E-state index contributed by atoms with van der Waals surface area (Å²) in [7, 11) is 1.45. The maximum Gasteiger partial charge on any atom is 0.323 e. The second kappa shape index (κ2) is 5.27. The van der Waals surface area contributed by atoms with Crippen LogP contribution >= 0.6 is 11.3 Å². The number of thiazole rings is 1. The fourth-order valence-corrected chi connectivity index (χ4v) is 3.57. The van der Waals surface area contributed by atoms with Gasteiger partial charge < -0.3 is 4.74 Å². The molecule has 0 aliphatic carbocycles. The van der Waals surface area contributed by atoms with Crippen LogP contribution in [-0.2, 0) is 16.1 Å². The summed E-state index contributed by atoms with van der Waals surface area (Å²) in [5.74, 6) is -0.126. The van der Waals surface area contributed by atoms with E-state index in [4.69, 9.17) is 4.74 Å². The fraction of sp³-hybridized carbons (Fsp3) is 0.429. The second-order valence-electron chi connectivity index (χ2n) is 4.73. The number of nitrogens with zero attached hydrogens (tertiary/aromatic N) is 2. The van der Waals surface area contributed by atoms with Crippen molar-refractivity contribution in [2.75, 3.05) is 13.7 Å². The number of likely N-dealkylation sites (tertiary alicyclic amines) is 1. The monoisotopic (exact) mass is 276 g/mol. The van der Waals surface area contributed by atoms with E-state index in [1.807, 2.05) is 18.2 Å². The van der Waals surface area contributed by atoms with Crippen LogP contribution in [0.3, 0.4) is 0 Å². The first kappa shape index (κ1) is 12.6. The smallest absolute Gasteiger partial charge is 0.323 e. The Morgan fingerprint density at radius 3 is 3.16 bits per heavy atom. The molecule has 0 N–H and O–H groups in total. The minimum absolute atomic E-state index is 0.1000. The van der Waals surface area contributed by atoms with Gasteiger partial charge in [0.25, 0.3) is 0 Å². The first-order valence-electron chi connectivity index (χ1n) is 6.44. The molecule has 1 atom stereocenters. The molecule has 0 saturated carbocycles. The van der Waals surface area contributed by atoms with Crippen LogP contribution in [0, 0.1) is 0 Å². The van der Waals surface area contributed by atoms with E-state index in [1.54, 1.807) is 11.3 Å². The van der Waals surface area contributed by atoms with Crippen LogP contribution in [0.1, 0.15) is 17.8 Å². The molecular weight excluding hydrogens is 260 g/mol. The number of ether oxygens (including phenoxy) is 1. The molecule has 0 spiro atoms. The molecule has 2 aromatic rings. The van der Waals surface area contributed by atoms with Gasteiger partial charge in [0, 0.05) is 0 Å². The Balaban J connectivity index is 1.78. The van der Waals surface area contributed by atoms with E-state index in [1.165, 1.54) is 11.8 Å². The van der Waals surface area contributed by atoms with Crippen molar-refractivity contribution >= 4 is 27.5 Å². The van der Waals surface area contributed by atoms with Gasteiger partial charge in [-0.25, -0.2) is 4.98 Å². The van der Waals surface area contributed by atoms with Crippen LogP contribution < -0.4 is 0 Å². The summed E-state index contributed by atoms with van der Waals surface area (Å²) in [5, 5.41) is 1.07. The third-order valence-electron chi connectivity index (χ3n) is 3.51. The summed E-state index contributed by atoms with van der Waals surface area (Å²) in [6, 6.07) is 8.03. The van der Waals surface area contributed by atoms with Crippen LogP contribution in [0.25, 0.3) is 10.2 Å². The van der Waals surface area contributed by atoms with Crippen molar-refractivity contribution in [1.82, 2.24) is 9.88 Å². The first-order valence-corrected chi connectivity index (χ1v) is 7.26. The lowest BCUT2D eigenvalue weighted by atomic mass is 10.2. The Morgan fingerprint density at radius 2 is 2.37 bits per heavy atom. The van der Waals surface area contributed by atoms with Crippen molar-refractivity contribution in [3.8, 4) is 0 Å². The summed E-state index contributed by atoms with van der Waals surface area (Å²) >= 11 is 1.70. The molecule has 3 rings (SSSR count). The lowest BCUT2D eigenvalue weighted by molar-refractivity contribution is -0.146. The molecule has 1 aromatic heterocycles. The molecular formula is C14H16N2O2S. The van der Waals surface area contributed by atoms with Gasteiger partial charge in [0.2, 0.25) is 0 Å². The van der Waals surface area contributed by atoms with Crippen molar-refractivity contribution in [3.05, 3.63) is 29.3 Å². The average Bonchev–Trinajstić information content (AvgIpc) is 3.04. The largest absolute Gasteiger partial charge is 0.468 e. The molecule has 1 aromatic carbocycles. The summed E-state index contributed by atoms with van der Waals surface area (Å²) in [5.41, 5.74) is 1.04. The zero-order valence-electron chi connectivity index (χ0n) is 10.8. The highest BCUT2D eigenvalue weighted by atomic mass is 32.1. The van der Waals surface area contributed by atoms with Gasteiger partial charge >= 0.3 is 5.97 Å². The van der Waals surface area contributed by atoms with Gasteiger partial charge in [0.15, 0.2) is 0 Å². The number of esters is 1. The third kappa shape index (κ3) is 2.48. The predicted octanol–water partition coefficient (Wildman–Crippen LogP) is 2.43. The maximum absolute atomic E-state index is 11.7. The number of carbonyl (C=O) groups is 1. The Labute approximate surface area is 116 Å². The molecule has 4 nitrogen and oxygen atoms in total. The highest BCUT2D eigenvalue weighted by Gasteiger charge is 2.31. The Morgan fingerprint density at radius 1 is 1.53 bits per heavy atom. The maximum atomic E-state index is 11.7. The fourth-order valence-electron chi connectivity index (χ4n) is 2.58. The summed E-state index contributed by atoms with van der Waals surface area (Å²) in [4.78, 5) is 18.5. The highest BCUT2D eigenvalue weighted by Crippen LogP contribution is 2.26. The van der Waals surface area contributed by atoms with E-state index in [0.29, 0.717) is 0 Å². The molecule has 1 unspecified atom stereocenters. The van der Waals surface area contributed by atoms with E-state index in [2.05, 4.69) is 16.0 Å². The lowest BCUT2D eigenvalue weighted by Crippen LogP contribution is -2.36. The number of methoxy groups -OCH3 is 1. The number of hydrogen-bond donors (Lipinski definition) is 0. The molecule has 0 amide bonds. The first-order chi connectivity index (χ1) is 9.28. The van der Waals surface area contributed by atoms with E-state index in [0.717, 1.165) is 36.5 Å². The minimum atomic E-state index is -0.126. The topological polar surface area (TPSA) is 42.4 Å². The molecule has 1 aliphatic heterocycles. The van der Waals surface area contributed by atoms with Crippen LogP contribution in [-0.4, -0.2) is 35.5 Å². The minimum Gasteiger partial charge on any atom is -0.468 e. The Kier molecular flexibility index (Phi) is 3.48. The van der Waals surface area contributed by atoms with Gasteiger partial charge in [0.1, 0.15) is 11.0 Å². The third-order valence-corrected chi connectivity index (χ3v) is 4.53. The van der Waals surface area contributed by atoms with Gasteiger partial charge in [-0.1, -0.05) is 12.1 Å². The second-order valence-corrected chi connectivity index (χ2v) is 5.84. The van der Waals surface area contributed by atoms with Gasteiger partial charge in [-0.15, -0.1) is 11.3 Å². The quantitative estimate of drug-likeness (QED) is 0.808. The van der Waals surface area contributed by atoms with E-state index in [-0.39, 0.29) is 12.0 Å². The summed E-state index contributed by atoms with van der Waals surface area (Å²) in [6.07, 6.45) is 1.93. The van der Waals surface area contributed by atoms with Crippen molar-refractivity contribution in [2.45, 2.75) is 25.4 Å². The molecule has 19 heavy (non-hydrogen) atoms. The lowest BCUT2D eigenvalue weighted by Gasteiger charge is -2.20. The molecule has 1 fully saturated rings. The van der Waals surface area contributed by atoms with Gasteiger partial charge in [-0.3, -0.25) is 9.69 Å². The average molecular weight is 276 g/mol. The van der Waals surface area contributed by atoms with Crippen LogP contribution in [0.15, 0.2) is 24.3 Å². The summed E-state index contributed by atoms with van der Waals surface area (Å²) in [6.45, 7) is 1.68. The standard InChI is InChI=1S/C14H16N2O2S/c1-18-14(17)11-6-4-8-16(11)9-13-15-10-5-2-3-7-12(10)19-13/h2-3,5,7,11H,4,6,8-9H2,1H3. The van der Waals surface area contributed by atoms with Gasteiger partial charge in [-0.2, -0.15) is 0 Å². The number of hydrogen-bond acceptors (Lipinski definition) is 5. The highest BCUT2D eigenvalue weighted by molar-refractivity contribution is 7.18. The molecule has 2 heterocycles. The predicted molar refractivity (Wildman–Crippen MR) is 75.1 cm³/mol. The van der Waals surface area contributed by atoms with E-state index >= 15 is 0 Å². The Hall–Kier alpha value is -1.46. The molecule has 1 saturated heterocycles. The molecule has 0 radical (unpaired) electrons. The zero-order chi connectivity index (χ0) is 13.2. The molecule has 0 bridgehead atoms. The SMILES string of the molecule is COC(=O)C1CCCN1Cc1nc2ccccc2s1. The van der Waals surface area contributed by atoms with Crippen LogP contribution in [0.5, 0.6) is 0 Å². The number of para-hydroxylation sites is 1. The molecule has 100 valence electrons. The van der Waals surface area contributed by atoms with Gasteiger partial charge in [0.05, 0.1) is 23.9 Å². The zero-order valence-corrected chi connectivity index (χ0v) is 11.7. The van der Waals surface area contributed by atoms with Crippen LogP contribution in [0.4, 0.5) is 0 Å². The number of fused-ring (bicyclic) bond motifs is 1. The van der Waals surface area contributed by atoms with E-state index in [9.17, 15) is 4.79 Å². The van der Waals surface area contributed by atoms with Crippen LogP contribution in [0.2, 0.25) is 0 Å². The van der Waals surface area contributed by atoms with Crippen molar-refractivity contribution in [2.24, 2.45) is 0 Å². The number of carbonyl (C=O) groups excluding carboxylic acids is 1. The number of aromatic nitrogens is 1. The number of benzene rings is 1.